The summed E-state index contributed by atoms with van der Waals surface area (Å²) in [5.41, 5.74) is 2.52. The van der Waals surface area contributed by atoms with Gasteiger partial charge >= 0.3 is 0 Å². The van der Waals surface area contributed by atoms with E-state index in [-0.39, 0.29) is 17.5 Å². The van der Waals surface area contributed by atoms with Crippen molar-refractivity contribution in [2.45, 2.75) is 11.6 Å². The summed E-state index contributed by atoms with van der Waals surface area (Å²) in [7, 11) is 3.18. The number of halogens is 1. The van der Waals surface area contributed by atoms with Crippen LogP contribution in [-0.4, -0.2) is 52.2 Å². The maximum Gasteiger partial charge on any atom is 0.230 e. The normalized spacial score (nSPS) is 10.7. The number of hydrogen-bond acceptors (Lipinski definition) is 7. The molecule has 35 heavy (non-hydrogen) atoms. The van der Waals surface area contributed by atoms with Gasteiger partial charge in [-0.25, -0.2) is 4.39 Å². The molecule has 0 spiro atoms. The van der Waals surface area contributed by atoms with Crippen LogP contribution in [0.4, 0.5) is 4.39 Å². The van der Waals surface area contributed by atoms with Crippen LogP contribution in [0.1, 0.15) is 5.56 Å². The summed E-state index contributed by atoms with van der Waals surface area (Å²) in [6.45, 7) is 0.474. The van der Waals surface area contributed by atoms with Gasteiger partial charge in [0.25, 0.3) is 0 Å². The van der Waals surface area contributed by atoms with E-state index in [0.717, 1.165) is 11.1 Å². The molecule has 1 amide bonds. The Balaban J connectivity index is 1.41. The Morgan fingerprint density at radius 1 is 1.00 bits per heavy atom. The third kappa shape index (κ3) is 5.96. The van der Waals surface area contributed by atoms with Gasteiger partial charge in [0.2, 0.25) is 5.91 Å². The van der Waals surface area contributed by atoms with Gasteiger partial charge in [-0.3, -0.25) is 14.3 Å². The first-order valence-electron chi connectivity index (χ1n) is 10.8. The molecule has 0 atom stereocenters. The summed E-state index contributed by atoms with van der Waals surface area (Å²) in [5, 5.41) is 12.0. The van der Waals surface area contributed by atoms with Crippen LogP contribution in [0, 0.1) is 5.82 Å². The minimum absolute atomic E-state index is 0.130. The zero-order valence-corrected chi connectivity index (χ0v) is 20.1. The number of nitrogens with one attached hydrogen (secondary N) is 1. The van der Waals surface area contributed by atoms with Gasteiger partial charge in [-0.2, -0.15) is 0 Å². The van der Waals surface area contributed by atoms with E-state index in [1.807, 2.05) is 30.3 Å². The molecule has 0 bridgehead atoms. The van der Waals surface area contributed by atoms with Gasteiger partial charge in [-0.05, 0) is 60.5 Å². The lowest BCUT2D eigenvalue weighted by molar-refractivity contribution is -0.118. The number of hydrogen-bond donors (Lipinski definition) is 1. The van der Waals surface area contributed by atoms with Crippen LogP contribution in [0.5, 0.6) is 11.5 Å². The lowest BCUT2D eigenvalue weighted by Crippen LogP contribution is -2.27. The van der Waals surface area contributed by atoms with Crippen molar-refractivity contribution >= 4 is 17.7 Å². The number of methoxy groups -OCH3 is 2. The van der Waals surface area contributed by atoms with Crippen LogP contribution in [0.15, 0.2) is 72.1 Å². The van der Waals surface area contributed by atoms with E-state index in [2.05, 4.69) is 20.5 Å². The number of thioether (sulfide) groups is 1. The third-order valence-electron chi connectivity index (χ3n) is 5.17. The summed E-state index contributed by atoms with van der Waals surface area (Å²) in [5.74, 6) is 1.58. The lowest BCUT2D eigenvalue weighted by atomic mass is 10.1. The molecule has 0 saturated heterocycles. The first-order valence-corrected chi connectivity index (χ1v) is 11.8. The Labute approximate surface area is 206 Å². The van der Waals surface area contributed by atoms with Gasteiger partial charge in [-0.1, -0.05) is 17.8 Å². The molecule has 4 aromatic rings. The topological polar surface area (TPSA) is 91.2 Å². The monoisotopic (exact) mass is 493 g/mol. The molecule has 10 heteroatoms. The van der Waals surface area contributed by atoms with E-state index in [1.54, 1.807) is 43.3 Å². The van der Waals surface area contributed by atoms with Crippen molar-refractivity contribution in [2.75, 3.05) is 26.5 Å². The number of aromatic nitrogens is 4. The minimum Gasteiger partial charge on any atom is -0.493 e. The Kier molecular flexibility index (Phi) is 7.94. The Bertz CT molecular complexity index is 1280. The molecule has 0 unspecified atom stereocenters. The van der Waals surface area contributed by atoms with Gasteiger partial charge in [0.15, 0.2) is 22.5 Å². The Hall–Kier alpha value is -3.92. The highest BCUT2D eigenvalue weighted by Crippen LogP contribution is 2.29. The second kappa shape index (κ2) is 11.5. The minimum atomic E-state index is -0.338. The number of carbonyl (C=O) groups is 1. The van der Waals surface area contributed by atoms with Crippen molar-refractivity contribution in [3.63, 3.8) is 0 Å². The first-order chi connectivity index (χ1) is 17.1. The fraction of sp³-hybridized carbons (Fsp3) is 0.200. The zero-order chi connectivity index (χ0) is 24.6. The Morgan fingerprint density at radius 2 is 1.74 bits per heavy atom. The van der Waals surface area contributed by atoms with Crippen LogP contribution in [0.3, 0.4) is 0 Å². The number of ether oxygens (including phenoxy) is 2. The highest BCUT2D eigenvalue weighted by molar-refractivity contribution is 7.99. The molecule has 1 N–H and O–H groups in total. The summed E-state index contributed by atoms with van der Waals surface area (Å²) in [6, 6.07) is 15.4. The smallest absolute Gasteiger partial charge is 0.230 e. The number of carbonyl (C=O) groups excluding carboxylic acids is 1. The highest BCUT2D eigenvalue weighted by atomic mass is 32.2. The van der Waals surface area contributed by atoms with Crippen molar-refractivity contribution in [3.05, 3.63) is 78.4 Å². The van der Waals surface area contributed by atoms with Gasteiger partial charge in [0, 0.05) is 30.2 Å². The number of rotatable bonds is 10. The van der Waals surface area contributed by atoms with E-state index in [0.29, 0.717) is 41.1 Å². The van der Waals surface area contributed by atoms with E-state index in [1.165, 1.54) is 23.9 Å². The number of nitrogens with zero attached hydrogens (tertiary/aromatic N) is 4. The summed E-state index contributed by atoms with van der Waals surface area (Å²) in [6.07, 6.45) is 3.98. The van der Waals surface area contributed by atoms with E-state index in [4.69, 9.17) is 9.47 Å². The number of amides is 1. The molecule has 8 nitrogen and oxygen atoms in total. The second-order valence-corrected chi connectivity index (χ2v) is 8.37. The van der Waals surface area contributed by atoms with Crippen LogP contribution in [0.2, 0.25) is 0 Å². The maximum absolute atomic E-state index is 13.5. The molecule has 2 heterocycles. The fourth-order valence-electron chi connectivity index (χ4n) is 3.44. The van der Waals surface area contributed by atoms with Gasteiger partial charge in [0.1, 0.15) is 5.82 Å². The molecular weight excluding hydrogens is 469 g/mol. The maximum atomic E-state index is 13.5. The number of pyridine rings is 1. The quantitative estimate of drug-likeness (QED) is 0.335. The fourth-order valence-corrected chi connectivity index (χ4v) is 4.22. The van der Waals surface area contributed by atoms with Crippen molar-refractivity contribution in [2.24, 2.45) is 0 Å². The Morgan fingerprint density at radius 3 is 2.46 bits per heavy atom. The van der Waals surface area contributed by atoms with Gasteiger partial charge < -0.3 is 14.8 Å². The van der Waals surface area contributed by atoms with Crippen LogP contribution in [-0.2, 0) is 11.2 Å². The SMILES string of the molecule is COc1ccc(CCNC(=O)CSc2nnc(-c3ccncc3)n2-c2ccc(F)cc2)cc1OC. The lowest BCUT2D eigenvalue weighted by Gasteiger charge is -2.11. The van der Waals surface area contributed by atoms with Crippen molar-refractivity contribution in [3.8, 4) is 28.6 Å². The molecule has 180 valence electrons. The average molecular weight is 494 g/mol. The molecular formula is C25H24FN5O3S. The summed E-state index contributed by atoms with van der Waals surface area (Å²) in [4.78, 5) is 16.5. The summed E-state index contributed by atoms with van der Waals surface area (Å²) >= 11 is 1.26. The molecule has 0 radical (unpaired) electrons. The van der Waals surface area contributed by atoms with Crippen molar-refractivity contribution < 1.29 is 18.7 Å². The highest BCUT2D eigenvalue weighted by Gasteiger charge is 2.17. The predicted molar refractivity (Wildman–Crippen MR) is 132 cm³/mol. The van der Waals surface area contributed by atoms with Crippen LogP contribution < -0.4 is 14.8 Å². The molecule has 0 fully saturated rings. The molecule has 2 aromatic heterocycles. The predicted octanol–water partition coefficient (Wildman–Crippen LogP) is 3.94. The standard InChI is InChI=1S/C25H24FN5O3S/c1-33-21-8-3-17(15-22(21)34-2)9-14-28-23(32)16-35-25-30-29-24(18-10-12-27-13-11-18)31(25)20-6-4-19(26)5-7-20/h3-8,10-13,15H,9,14,16H2,1-2H3,(H,28,32). The first kappa shape index (κ1) is 24.2. The molecule has 2 aromatic carbocycles. The second-order valence-electron chi connectivity index (χ2n) is 7.43. The van der Waals surface area contributed by atoms with E-state index >= 15 is 0 Å². The van der Waals surface area contributed by atoms with Crippen LogP contribution in [0.25, 0.3) is 17.1 Å². The van der Waals surface area contributed by atoms with E-state index < -0.39 is 0 Å². The molecule has 4 rings (SSSR count). The third-order valence-corrected chi connectivity index (χ3v) is 6.10. The molecule has 0 aliphatic heterocycles. The summed E-state index contributed by atoms with van der Waals surface area (Å²) < 4.78 is 25.9. The van der Waals surface area contributed by atoms with Gasteiger partial charge in [0.05, 0.1) is 20.0 Å². The molecule has 0 saturated carbocycles. The average Bonchev–Trinajstić information content (AvgIpc) is 3.32. The molecule has 0 aliphatic carbocycles. The van der Waals surface area contributed by atoms with Crippen molar-refractivity contribution in [1.29, 1.82) is 0 Å². The number of benzene rings is 2. The molecule has 0 aliphatic rings. The van der Waals surface area contributed by atoms with Gasteiger partial charge in [-0.15, -0.1) is 10.2 Å². The van der Waals surface area contributed by atoms with Crippen LogP contribution >= 0.6 is 11.8 Å². The van der Waals surface area contributed by atoms with Crippen molar-refractivity contribution in [1.82, 2.24) is 25.1 Å². The zero-order valence-electron chi connectivity index (χ0n) is 19.3. The largest absolute Gasteiger partial charge is 0.493 e. The van der Waals surface area contributed by atoms with E-state index in [9.17, 15) is 9.18 Å².